The molecule has 6 heteroatoms. The Hall–Kier alpha value is -2.34. The molecule has 0 spiro atoms. The number of nitrogens with one attached hydrogen (secondary N) is 1. The van der Waals surface area contributed by atoms with Crippen molar-refractivity contribution in [2.75, 3.05) is 6.61 Å². The summed E-state index contributed by atoms with van der Waals surface area (Å²) in [6.45, 7) is 2.95. The van der Waals surface area contributed by atoms with Crippen LogP contribution in [0.25, 0.3) is 11.0 Å². The van der Waals surface area contributed by atoms with Crippen LogP contribution in [0.2, 0.25) is 0 Å². The van der Waals surface area contributed by atoms with Gasteiger partial charge in [-0.1, -0.05) is 25.1 Å². The minimum Gasteiger partial charge on any atom is -0.477 e. The zero-order chi connectivity index (χ0) is 16.9. The molecule has 0 aliphatic rings. The largest absolute Gasteiger partial charge is 0.477 e. The molecular weight excluding hydrogens is 372 g/mol. The Morgan fingerprint density at radius 3 is 3.00 bits per heavy atom. The predicted octanol–water partition coefficient (Wildman–Crippen LogP) is 4.31. The van der Waals surface area contributed by atoms with Crippen LogP contribution in [0.1, 0.15) is 29.5 Å². The fourth-order valence-corrected chi connectivity index (χ4v) is 2.75. The Labute approximate surface area is 148 Å². The maximum Gasteiger partial charge on any atom is 0.287 e. The highest BCUT2D eigenvalue weighted by Crippen LogP contribution is 2.27. The van der Waals surface area contributed by atoms with Gasteiger partial charge in [0.25, 0.3) is 5.91 Å². The van der Waals surface area contributed by atoms with E-state index in [-0.39, 0.29) is 11.7 Å². The van der Waals surface area contributed by atoms with Gasteiger partial charge in [-0.25, -0.2) is 4.98 Å². The Morgan fingerprint density at radius 2 is 2.21 bits per heavy atom. The van der Waals surface area contributed by atoms with Crippen LogP contribution < -0.4 is 10.1 Å². The van der Waals surface area contributed by atoms with E-state index in [1.165, 1.54) is 0 Å². The van der Waals surface area contributed by atoms with Crippen LogP contribution in [0.5, 0.6) is 5.88 Å². The minimum atomic E-state index is -0.275. The maximum absolute atomic E-state index is 12.3. The van der Waals surface area contributed by atoms with E-state index in [4.69, 9.17) is 9.15 Å². The maximum atomic E-state index is 12.3. The molecular formula is C18H17BrN2O3. The van der Waals surface area contributed by atoms with Crippen molar-refractivity contribution < 1.29 is 13.9 Å². The molecule has 0 aliphatic carbocycles. The predicted molar refractivity (Wildman–Crippen MR) is 95.1 cm³/mol. The van der Waals surface area contributed by atoms with Crippen molar-refractivity contribution >= 4 is 32.8 Å². The third-order valence-electron chi connectivity index (χ3n) is 3.45. The molecule has 1 amide bonds. The first-order chi connectivity index (χ1) is 11.7. The Morgan fingerprint density at radius 1 is 1.33 bits per heavy atom. The number of furan rings is 1. The molecule has 0 aliphatic heterocycles. The second-order valence-electron chi connectivity index (χ2n) is 5.27. The number of aromatic nitrogens is 1. The average Bonchev–Trinajstić information content (AvgIpc) is 3.04. The van der Waals surface area contributed by atoms with E-state index in [0.717, 1.165) is 21.8 Å². The van der Waals surface area contributed by atoms with E-state index in [1.807, 2.05) is 37.3 Å². The number of pyridine rings is 1. The van der Waals surface area contributed by atoms with Crippen LogP contribution in [0.3, 0.4) is 0 Å². The zero-order valence-electron chi connectivity index (χ0n) is 13.2. The van der Waals surface area contributed by atoms with Crippen molar-refractivity contribution in [3.05, 3.63) is 58.4 Å². The summed E-state index contributed by atoms with van der Waals surface area (Å²) in [5.41, 5.74) is 1.49. The van der Waals surface area contributed by atoms with E-state index >= 15 is 0 Å². The zero-order valence-corrected chi connectivity index (χ0v) is 14.8. The van der Waals surface area contributed by atoms with Crippen molar-refractivity contribution in [3.8, 4) is 5.88 Å². The molecule has 3 aromatic rings. The van der Waals surface area contributed by atoms with Crippen LogP contribution in [-0.2, 0) is 6.54 Å². The number of ether oxygens (including phenoxy) is 1. The van der Waals surface area contributed by atoms with E-state index in [2.05, 4.69) is 26.2 Å². The smallest absolute Gasteiger partial charge is 0.287 e. The number of amides is 1. The number of fused-ring (bicyclic) bond motifs is 1. The second kappa shape index (κ2) is 7.49. The first-order valence-corrected chi connectivity index (χ1v) is 8.51. The van der Waals surface area contributed by atoms with Crippen molar-refractivity contribution in [3.63, 3.8) is 0 Å². The van der Waals surface area contributed by atoms with Crippen LogP contribution in [-0.4, -0.2) is 17.5 Å². The van der Waals surface area contributed by atoms with Gasteiger partial charge in [0.1, 0.15) is 5.58 Å². The van der Waals surface area contributed by atoms with Gasteiger partial charge in [0, 0.05) is 23.7 Å². The van der Waals surface area contributed by atoms with Gasteiger partial charge in [-0.2, -0.15) is 0 Å². The molecule has 1 N–H and O–H groups in total. The highest BCUT2D eigenvalue weighted by Gasteiger charge is 2.14. The van der Waals surface area contributed by atoms with Crippen LogP contribution in [0, 0.1) is 0 Å². The van der Waals surface area contributed by atoms with Crippen molar-refractivity contribution in [1.29, 1.82) is 0 Å². The summed E-state index contributed by atoms with van der Waals surface area (Å²) in [4.78, 5) is 16.6. The summed E-state index contributed by atoms with van der Waals surface area (Å²) in [5.74, 6) is 0.548. The monoisotopic (exact) mass is 388 g/mol. The first-order valence-electron chi connectivity index (χ1n) is 7.72. The first kappa shape index (κ1) is 16.5. The van der Waals surface area contributed by atoms with Gasteiger partial charge in [0.2, 0.25) is 5.88 Å². The number of carbonyl (C=O) groups excluding carboxylic acids is 1. The highest BCUT2D eigenvalue weighted by molar-refractivity contribution is 9.10. The van der Waals surface area contributed by atoms with Gasteiger partial charge in [-0.3, -0.25) is 4.79 Å². The quantitative estimate of drug-likeness (QED) is 0.683. The van der Waals surface area contributed by atoms with Crippen molar-refractivity contribution in [2.45, 2.75) is 19.9 Å². The SMILES string of the molecule is CCCOc1ncccc1CNC(=O)c1cc2cccc(Br)c2o1. The summed E-state index contributed by atoms with van der Waals surface area (Å²) < 4.78 is 12.1. The average molecular weight is 389 g/mol. The minimum absolute atomic E-state index is 0.275. The summed E-state index contributed by atoms with van der Waals surface area (Å²) in [6, 6.07) is 11.1. The standard InChI is InChI=1S/C18H17BrN2O3/c1-2-9-23-18-13(6-4-8-20-18)11-21-17(22)15-10-12-5-3-7-14(19)16(12)24-15/h3-8,10H,2,9,11H2,1H3,(H,21,22). The van der Waals surface area contributed by atoms with Gasteiger partial charge in [-0.05, 0) is 40.5 Å². The lowest BCUT2D eigenvalue weighted by Gasteiger charge is -2.09. The fraction of sp³-hybridized carbons (Fsp3) is 0.222. The van der Waals surface area contributed by atoms with Gasteiger partial charge < -0.3 is 14.5 Å². The second-order valence-corrected chi connectivity index (χ2v) is 6.12. The molecule has 0 saturated heterocycles. The topological polar surface area (TPSA) is 64.4 Å². The molecule has 124 valence electrons. The summed E-state index contributed by atoms with van der Waals surface area (Å²) in [7, 11) is 0. The molecule has 24 heavy (non-hydrogen) atoms. The molecule has 2 heterocycles. The molecule has 0 radical (unpaired) electrons. The molecule has 5 nitrogen and oxygen atoms in total. The number of benzene rings is 1. The van der Waals surface area contributed by atoms with Gasteiger partial charge in [0.15, 0.2) is 5.76 Å². The molecule has 1 aromatic carbocycles. The lowest BCUT2D eigenvalue weighted by atomic mass is 10.2. The highest BCUT2D eigenvalue weighted by atomic mass is 79.9. The molecule has 0 atom stereocenters. The summed E-state index contributed by atoms with van der Waals surface area (Å²) >= 11 is 3.42. The number of halogens is 1. The summed E-state index contributed by atoms with van der Waals surface area (Å²) in [5, 5.41) is 3.72. The van der Waals surface area contributed by atoms with Gasteiger partial charge >= 0.3 is 0 Å². The number of rotatable bonds is 6. The lowest BCUT2D eigenvalue weighted by molar-refractivity contribution is 0.0925. The molecule has 2 aromatic heterocycles. The number of nitrogens with zero attached hydrogens (tertiary/aromatic N) is 1. The number of carbonyl (C=O) groups is 1. The van der Waals surface area contributed by atoms with Crippen LogP contribution in [0.15, 0.2) is 51.5 Å². The van der Waals surface area contributed by atoms with Gasteiger partial charge in [0.05, 0.1) is 11.1 Å². The fourth-order valence-electron chi connectivity index (χ4n) is 2.29. The Kier molecular flexibility index (Phi) is 5.15. The number of hydrogen-bond donors (Lipinski definition) is 1. The molecule has 3 rings (SSSR count). The third kappa shape index (κ3) is 3.59. The van der Waals surface area contributed by atoms with Gasteiger partial charge in [-0.15, -0.1) is 0 Å². The Balaban J connectivity index is 1.72. The normalized spacial score (nSPS) is 10.8. The van der Waals surface area contributed by atoms with Crippen molar-refractivity contribution in [2.24, 2.45) is 0 Å². The Bertz CT molecular complexity index is 860. The molecule has 0 bridgehead atoms. The van der Waals surface area contributed by atoms with Crippen LogP contribution in [0.4, 0.5) is 0 Å². The van der Waals surface area contributed by atoms with E-state index in [1.54, 1.807) is 12.3 Å². The number of hydrogen-bond acceptors (Lipinski definition) is 4. The lowest BCUT2D eigenvalue weighted by Crippen LogP contribution is -2.22. The van der Waals surface area contributed by atoms with E-state index < -0.39 is 0 Å². The molecule has 0 unspecified atom stereocenters. The van der Waals surface area contributed by atoms with Crippen LogP contribution >= 0.6 is 15.9 Å². The van der Waals surface area contributed by atoms with E-state index in [0.29, 0.717) is 24.6 Å². The molecule has 0 fully saturated rings. The third-order valence-corrected chi connectivity index (χ3v) is 4.08. The summed E-state index contributed by atoms with van der Waals surface area (Å²) in [6.07, 6.45) is 2.57. The molecule has 0 saturated carbocycles. The van der Waals surface area contributed by atoms with E-state index in [9.17, 15) is 4.79 Å². The van der Waals surface area contributed by atoms with Crippen molar-refractivity contribution in [1.82, 2.24) is 10.3 Å². The number of para-hydroxylation sites is 1.